The molecule has 1 spiro atoms. The lowest BCUT2D eigenvalue weighted by atomic mass is 9.69. The van der Waals surface area contributed by atoms with Crippen LogP contribution in [0.3, 0.4) is 0 Å². The standard InChI is InChI=1S/C20H16N2O/c23-17-5-6-18-14(12-17)3-4-16-11-15-7-9-21-13-19(15)22-10-2-1-8-20(16,18)22/h1-2,4-10,12-13,23H,3,11H2. The SMILES string of the molecule is Oc1ccc2c(c1)CC=C1Cc3ccncc3N3C=CC=CC123. The first-order valence-corrected chi connectivity index (χ1v) is 7.89. The largest absolute Gasteiger partial charge is 0.508 e. The van der Waals surface area contributed by atoms with Crippen molar-refractivity contribution in [2.24, 2.45) is 0 Å². The zero-order chi connectivity index (χ0) is 15.4. The van der Waals surface area contributed by atoms with Gasteiger partial charge in [0.15, 0.2) is 0 Å². The highest BCUT2D eigenvalue weighted by molar-refractivity contribution is 5.72. The molecule has 1 atom stereocenters. The molecule has 1 aromatic carbocycles. The van der Waals surface area contributed by atoms with Crippen LogP contribution in [0.2, 0.25) is 0 Å². The van der Waals surface area contributed by atoms with Gasteiger partial charge in [-0.05, 0) is 65.5 Å². The van der Waals surface area contributed by atoms with E-state index in [4.69, 9.17) is 0 Å². The Morgan fingerprint density at radius 3 is 3.04 bits per heavy atom. The molecule has 3 heteroatoms. The molecule has 1 N–H and O–H groups in total. The van der Waals surface area contributed by atoms with E-state index in [1.54, 1.807) is 6.07 Å². The molecule has 0 saturated carbocycles. The zero-order valence-electron chi connectivity index (χ0n) is 12.6. The minimum Gasteiger partial charge on any atom is -0.508 e. The first kappa shape index (κ1) is 12.7. The molecule has 2 aromatic rings. The van der Waals surface area contributed by atoms with Crippen LogP contribution in [0, 0.1) is 0 Å². The van der Waals surface area contributed by atoms with Crippen LogP contribution in [0.5, 0.6) is 5.75 Å². The molecule has 0 amide bonds. The van der Waals surface area contributed by atoms with Gasteiger partial charge >= 0.3 is 0 Å². The summed E-state index contributed by atoms with van der Waals surface area (Å²) < 4.78 is 0. The minimum atomic E-state index is -0.286. The van der Waals surface area contributed by atoms with Gasteiger partial charge in [-0.1, -0.05) is 18.2 Å². The molecule has 3 nitrogen and oxygen atoms in total. The van der Waals surface area contributed by atoms with E-state index >= 15 is 0 Å². The zero-order valence-corrected chi connectivity index (χ0v) is 12.6. The summed E-state index contributed by atoms with van der Waals surface area (Å²) in [5, 5.41) is 9.86. The van der Waals surface area contributed by atoms with Crippen molar-refractivity contribution >= 4 is 5.69 Å². The quantitative estimate of drug-likeness (QED) is 0.755. The van der Waals surface area contributed by atoms with Crippen LogP contribution in [-0.2, 0) is 18.4 Å². The fourth-order valence-corrected chi connectivity index (χ4v) is 4.16. The van der Waals surface area contributed by atoms with Gasteiger partial charge in [-0.25, -0.2) is 0 Å². The summed E-state index contributed by atoms with van der Waals surface area (Å²) >= 11 is 0. The summed E-state index contributed by atoms with van der Waals surface area (Å²) in [6.07, 6.45) is 16.5. The van der Waals surface area contributed by atoms with Crippen molar-refractivity contribution in [2.75, 3.05) is 4.90 Å². The van der Waals surface area contributed by atoms with Crippen molar-refractivity contribution in [3.63, 3.8) is 0 Å². The highest BCUT2D eigenvalue weighted by Crippen LogP contribution is 2.51. The van der Waals surface area contributed by atoms with E-state index in [0.29, 0.717) is 5.75 Å². The normalized spacial score (nSPS) is 23.5. The average Bonchev–Trinajstić information content (AvgIpc) is 2.59. The second-order valence-corrected chi connectivity index (χ2v) is 6.29. The molecule has 0 radical (unpaired) electrons. The molecular formula is C20H16N2O. The lowest BCUT2D eigenvalue weighted by Gasteiger charge is -2.51. The number of hydrogen-bond acceptors (Lipinski definition) is 3. The van der Waals surface area contributed by atoms with Crippen molar-refractivity contribution < 1.29 is 5.11 Å². The van der Waals surface area contributed by atoms with Crippen molar-refractivity contribution in [3.05, 3.63) is 89.4 Å². The first-order chi connectivity index (χ1) is 11.3. The number of phenolic OH excluding ortho intramolecular Hbond substituents is 1. The molecule has 3 aliphatic rings. The van der Waals surface area contributed by atoms with Gasteiger partial charge in [0, 0.05) is 12.4 Å². The summed E-state index contributed by atoms with van der Waals surface area (Å²) in [4.78, 5) is 6.65. The van der Waals surface area contributed by atoms with Crippen LogP contribution in [0.15, 0.2) is 72.7 Å². The summed E-state index contributed by atoms with van der Waals surface area (Å²) in [6.45, 7) is 0. The third kappa shape index (κ3) is 1.57. The van der Waals surface area contributed by atoms with Gasteiger partial charge in [0.05, 0.1) is 11.9 Å². The molecule has 1 unspecified atom stereocenters. The van der Waals surface area contributed by atoms with Gasteiger partial charge in [0.2, 0.25) is 0 Å². The van der Waals surface area contributed by atoms with Crippen LogP contribution >= 0.6 is 0 Å². The second kappa shape index (κ2) is 4.35. The van der Waals surface area contributed by atoms with Crippen LogP contribution < -0.4 is 4.90 Å². The molecule has 1 aliphatic carbocycles. The maximum atomic E-state index is 9.86. The molecule has 0 bridgehead atoms. The highest BCUT2D eigenvalue weighted by Gasteiger charge is 2.46. The number of nitrogens with zero attached hydrogens (tertiary/aromatic N) is 2. The van der Waals surface area contributed by atoms with Crippen LogP contribution in [0.25, 0.3) is 0 Å². The minimum absolute atomic E-state index is 0.286. The maximum Gasteiger partial charge on any atom is 0.115 e. The van der Waals surface area contributed by atoms with Gasteiger partial charge in [-0.2, -0.15) is 0 Å². The number of anilines is 1. The number of aromatic hydroxyl groups is 1. The Labute approximate surface area is 134 Å². The molecule has 3 heterocycles. The Bertz CT molecular complexity index is 910. The van der Waals surface area contributed by atoms with Gasteiger partial charge in [-0.15, -0.1) is 0 Å². The van der Waals surface area contributed by atoms with E-state index < -0.39 is 0 Å². The Morgan fingerprint density at radius 2 is 2.09 bits per heavy atom. The van der Waals surface area contributed by atoms with E-state index in [0.717, 1.165) is 18.5 Å². The van der Waals surface area contributed by atoms with Crippen molar-refractivity contribution in [3.8, 4) is 5.75 Å². The number of aromatic nitrogens is 1. The summed E-state index contributed by atoms with van der Waals surface area (Å²) in [6, 6.07) is 7.86. The van der Waals surface area contributed by atoms with Gasteiger partial charge < -0.3 is 10.0 Å². The number of rotatable bonds is 0. The molecule has 23 heavy (non-hydrogen) atoms. The van der Waals surface area contributed by atoms with Crippen molar-refractivity contribution in [1.29, 1.82) is 0 Å². The summed E-state index contributed by atoms with van der Waals surface area (Å²) in [5.74, 6) is 0.330. The molecule has 0 saturated heterocycles. The van der Waals surface area contributed by atoms with E-state index in [-0.39, 0.29) is 5.54 Å². The van der Waals surface area contributed by atoms with Gasteiger partial charge in [-0.3, -0.25) is 4.98 Å². The van der Waals surface area contributed by atoms with E-state index in [1.165, 1.54) is 22.3 Å². The fourth-order valence-electron chi connectivity index (χ4n) is 4.16. The third-order valence-corrected chi connectivity index (χ3v) is 5.15. The number of phenols is 1. The van der Waals surface area contributed by atoms with Crippen molar-refractivity contribution in [1.82, 2.24) is 4.98 Å². The summed E-state index contributed by atoms with van der Waals surface area (Å²) in [5.41, 5.74) is 6.02. The van der Waals surface area contributed by atoms with Gasteiger partial charge in [0.1, 0.15) is 11.3 Å². The molecule has 112 valence electrons. The van der Waals surface area contributed by atoms with Gasteiger partial charge in [0.25, 0.3) is 0 Å². The fraction of sp³-hybridized carbons (Fsp3) is 0.150. The number of hydrogen-bond donors (Lipinski definition) is 1. The number of pyridine rings is 1. The number of benzene rings is 1. The van der Waals surface area contributed by atoms with Crippen LogP contribution in [0.1, 0.15) is 16.7 Å². The second-order valence-electron chi connectivity index (χ2n) is 6.29. The number of fused-ring (bicyclic) bond motifs is 3. The van der Waals surface area contributed by atoms with E-state index in [9.17, 15) is 5.11 Å². The maximum absolute atomic E-state index is 9.86. The monoisotopic (exact) mass is 300 g/mol. The Kier molecular flexibility index (Phi) is 2.41. The first-order valence-electron chi connectivity index (χ1n) is 7.89. The lowest BCUT2D eigenvalue weighted by molar-refractivity contribution is 0.472. The van der Waals surface area contributed by atoms with Crippen molar-refractivity contribution in [2.45, 2.75) is 18.4 Å². The average molecular weight is 300 g/mol. The summed E-state index contributed by atoms with van der Waals surface area (Å²) in [7, 11) is 0. The van der Waals surface area contributed by atoms with Crippen LogP contribution in [0.4, 0.5) is 5.69 Å². The van der Waals surface area contributed by atoms with E-state index in [2.05, 4.69) is 52.5 Å². The molecular weight excluding hydrogens is 284 g/mol. The molecule has 1 aromatic heterocycles. The Hall–Kier alpha value is -2.81. The predicted octanol–water partition coefficient (Wildman–Crippen LogP) is 3.61. The van der Waals surface area contributed by atoms with E-state index in [1.807, 2.05) is 18.5 Å². The molecule has 2 aliphatic heterocycles. The highest BCUT2D eigenvalue weighted by atomic mass is 16.3. The third-order valence-electron chi connectivity index (χ3n) is 5.15. The Balaban J connectivity index is 1.83. The molecule has 5 rings (SSSR count). The smallest absolute Gasteiger partial charge is 0.115 e. The molecule has 0 fully saturated rings. The predicted molar refractivity (Wildman–Crippen MR) is 90.3 cm³/mol. The lowest BCUT2D eigenvalue weighted by Crippen LogP contribution is -2.49. The van der Waals surface area contributed by atoms with Crippen LogP contribution in [-0.4, -0.2) is 10.1 Å². The number of allylic oxidation sites excluding steroid dienone is 3. The Morgan fingerprint density at radius 1 is 1.13 bits per heavy atom. The topological polar surface area (TPSA) is 36.4 Å².